The van der Waals surface area contributed by atoms with Gasteiger partial charge in [0.25, 0.3) is 0 Å². The van der Waals surface area contributed by atoms with E-state index in [1.807, 2.05) is 30.5 Å². The third-order valence-electron chi connectivity index (χ3n) is 5.56. The van der Waals surface area contributed by atoms with Crippen LogP contribution in [0.15, 0.2) is 49.2 Å². The minimum atomic E-state index is 0.256. The Kier molecular flexibility index (Phi) is 5.04. The normalized spacial score (nSPS) is 18.7. The molecular formula is C22H21ClN4O2. The van der Waals surface area contributed by atoms with Gasteiger partial charge in [-0.25, -0.2) is 9.97 Å². The van der Waals surface area contributed by atoms with Gasteiger partial charge in [0.2, 0.25) is 6.79 Å². The highest BCUT2D eigenvalue weighted by molar-refractivity contribution is 6.31. The van der Waals surface area contributed by atoms with Gasteiger partial charge >= 0.3 is 0 Å². The van der Waals surface area contributed by atoms with Crippen molar-refractivity contribution in [2.45, 2.75) is 25.3 Å². The van der Waals surface area contributed by atoms with Crippen LogP contribution in [0.4, 0.5) is 0 Å². The average molecular weight is 409 g/mol. The molecule has 0 spiro atoms. The quantitative estimate of drug-likeness (QED) is 0.641. The number of nitrogens with zero attached hydrogens (tertiary/aromatic N) is 4. The van der Waals surface area contributed by atoms with Gasteiger partial charge in [-0.15, -0.1) is 0 Å². The maximum atomic E-state index is 6.50. The molecule has 6 nitrogen and oxygen atoms in total. The molecule has 1 unspecified atom stereocenters. The van der Waals surface area contributed by atoms with E-state index in [0.717, 1.165) is 71.4 Å². The van der Waals surface area contributed by atoms with Gasteiger partial charge in [-0.2, -0.15) is 0 Å². The minimum Gasteiger partial charge on any atom is -0.454 e. The van der Waals surface area contributed by atoms with Crippen LogP contribution in [-0.4, -0.2) is 39.7 Å². The minimum absolute atomic E-state index is 0.256. The Balaban J connectivity index is 1.37. The molecule has 7 heteroatoms. The van der Waals surface area contributed by atoms with Crippen LogP contribution in [0.25, 0.3) is 11.1 Å². The predicted molar refractivity (Wildman–Crippen MR) is 110 cm³/mol. The summed E-state index contributed by atoms with van der Waals surface area (Å²) in [5.41, 5.74) is 4.36. The Labute approximate surface area is 174 Å². The van der Waals surface area contributed by atoms with Gasteiger partial charge in [0.15, 0.2) is 11.5 Å². The lowest BCUT2D eigenvalue weighted by Crippen LogP contribution is -2.34. The number of likely N-dealkylation sites (tertiary alicyclic amines) is 1. The molecule has 0 N–H and O–H groups in total. The summed E-state index contributed by atoms with van der Waals surface area (Å²) in [5.74, 6) is 1.84. The molecule has 4 heterocycles. The van der Waals surface area contributed by atoms with Crippen molar-refractivity contribution in [2.75, 3.05) is 19.9 Å². The molecule has 0 saturated carbocycles. The van der Waals surface area contributed by atoms with Crippen molar-refractivity contribution in [3.05, 3.63) is 65.5 Å². The number of hydrogen-bond donors (Lipinski definition) is 0. The molecule has 1 aromatic carbocycles. The molecule has 0 bridgehead atoms. The number of pyridine rings is 1. The van der Waals surface area contributed by atoms with Crippen molar-refractivity contribution < 1.29 is 9.47 Å². The van der Waals surface area contributed by atoms with Gasteiger partial charge in [0, 0.05) is 54.3 Å². The van der Waals surface area contributed by atoms with Crippen LogP contribution in [0.3, 0.4) is 0 Å². The molecule has 1 fully saturated rings. The van der Waals surface area contributed by atoms with E-state index in [9.17, 15) is 0 Å². The summed E-state index contributed by atoms with van der Waals surface area (Å²) < 4.78 is 10.9. The monoisotopic (exact) mass is 408 g/mol. The zero-order valence-corrected chi connectivity index (χ0v) is 16.7. The van der Waals surface area contributed by atoms with Crippen LogP contribution in [0.5, 0.6) is 11.5 Å². The van der Waals surface area contributed by atoms with Crippen molar-refractivity contribution in [3.8, 4) is 22.6 Å². The number of hydrogen-bond acceptors (Lipinski definition) is 6. The largest absolute Gasteiger partial charge is 0.454 e. The third kappa shape index (κ3) is 3.78. The van der Waals surface area contributed by atoms with E-state index >= 15 is 0 Å². The molecule has 2 aliphatic rings. The van der Waals surface area contributed by atoms with E-state index in [1.165, 1.54) is 0 Å². The van der Waals surface area contributed by atoms with Crippen LogP contribution in [0.2, 0.25) is 5.02 Å². The van der Waals surface area contributed by atoms with Crippen LogP contribution in [0, 0.1) is 0 Å². The fraction of sp³-hybridized carbons (Fsp3) is 0.318. The summed E-state index contributed by atoms with van der Waals surface area (Å²) in [4.78, 5) is 15.5. The molecule has 2 aromatic heterocycles. The van der Waals surface area contributed by atoms with E-state index in [0.29, 0.717) is 5.92 Å². The van der Waals surface area contributed by atoms with E-state index in [4.69, 9.17) is 21.1 Å². The molecule has 148 valence electrons. The van der Waals surface area contributed by atoms with E-state index in [-0.39, 0.29) is 6.79 Å². The van der Waals surface area contributed by atoms with Crippen molar-refractivity contribution in [2.24, 2.45) is 0 Å². The summed E-state index contributed by atoms with van der Waals surface area (Å²) in [6.45, 7) is 3.00. The number of fused-ring (bicyclic) bond motifs is 1. The molecule has 0 aliphatic carbocycles. The molecule has 1 atom stereocenters. The summed E-state index contributed by atoms with van der Waals surface area (Å²) in [6, 6.07) is 7.87. The molecule has 1 saturated heterocycles. The second-order valence-electron chi connectivity index (χ2n) is 7.43. The Hall–Kier alpha value is -2.70. The lowest BCUT2D eigenvalue weighted by molar-refractivity contribution is 0.173. The number of rotatable bonds is 4. The standard InChI is InChI=1S/C22H21ClN4O2/c23-19-9-21-20(28-14-29-21)8-17(19)12-27-7-1-2-16(11-27)22-18(10-25-13-26-22)15-3-5-24-6-4-15/h3-6,8-10,13,16H,1-2,7,11-12,14H2. The van der Waals surface area contributed by atoms with Gasteiger partial charge in [0.05, 0.1) is 5.69 Å². The first-order valence-electron chi connectivity index (χ1n) is 9.78. The molecular weight excluding hydrogens is 388 g/mol. The highest BCUT2D eigenvalue weighted by Crippen LogP contribution is 2.38. The number of halogens is 1. The Morgan fingerprint density at radius 1 is 1.10 bits per heavy atom. The summed E-state index contributed by atoms with van der Waals surface area (Å²) in [7, 11) is 0. The highest BCUT2D eigenvalue weighted by Gasteiger charge is 2.26. The van der Waals surface area contributed by atoms with Crippen molar-refractivity contribution >= 4 is 11.6 Å². The van der Waals surface area contributed by atoms with Crippen LogP contribution in [-0.2, 0) is 6.54 Å². The average Bonchev–Trinajstić information content (AvgIpc) is 3.22. The second-order valence-corrected chi connectivity index (χ2v) is 7.84. The van der Waals surface area contributed by atoms with Crippen LogP contribution in [0.1, 0.15) is 30.0 Å². The van der Waals surface area contributed by atoms with Gasteiger partial charge in [-0.05, 0) is 48.7 Å². The highest BCUT2D eigenvalue weighted by atomic mass is 35.5. The molecule has 0 radical (unpaired) electrons. The zero-order chi connectivity index (χ0) is 19.6. The first-order valence-corrected chi connectivity index (χ1v) is 10.2. The maximum absolute atomic E-state index is 6.50. The number of aromatic nitrogens is 3. The number of benzene rings is 1. The maximum Gasteiger partial charge on any atom is 0.231 e. The van der Waals surface area contributed by atoms with Crippen LogP contribution < -0.4 is 9.47 Å². The van der Waals surface area contributed by atoms with Crippen molar-refractivity contribution in [3.63, 3.8) is 0 Å². The number of piperidine rings is 1. The Morgan fingerprint density at radius 2 is 1.93 bits per heavy atom. The lowest BCUT2D eigenvalue weighted by atomic mass is 9.90. The zero-order valence-electron chi connectivity index (χ0n) is 15.9. The van der Waals surface area contributed by atoms with Crippen LogP contribution >= 0.6 is 11.6 Å². The lowest BCUT2D eigenvalue weighted by Gasteiger charge is -2.33. The van der Waals surface area contributed by atoms with E-state index < -0.39 is 0 Å². The molecule has 0 amide bonds. The molecule has 3 aromatic rings. The molecule has 5 rings (SSSR count). The summed E-state index contributed by atoms with van der Waals surface area (Å²) in [5, 5.41) is 0.718. The van der Waals surface area contributed by atoms with Gasteiger partial charge in [0.1, 0.15) is 6.33 Å². The fourth-order valence-electron chi connectivity index (χ4n) is 4.16. The first kappa shape index (κ1) is 18.3. The van der Waals surface area contributed by atoms with Gasteiger partial charge in [-0.3, -0.25) is 9.88 Å². The second kappa shape index (κ2) is 7.97. The fourth-order valence-corrected chi connectivity index (χ4v) is 4.38. The smallest absolute Gasteiger partial charge is 0.231 e. The third-order valence-corrected chi connectivity index (χ3v) is 5.91. The Bertz CT molecular complexity index is 1010. The Morgan fingerprint density at radius 3 is 2.79 bits per heavy atom. The van der Waals surface area contributed by atoms with E-state index in [1.54, 1.807) is 18.7 Å². The van der Waals surface area contributed by atoms with E-state index in [2.05, 4.69) is 19.9 Å². The number of ether oxygens (including phenoxy) is 2. The SMILES string of the molecule is Clc1cc2c(cc1CN1CCCC(c3ncncc3-c3ccncc3)C1)OCO2. The first-order chi connectivity index (χ1) is 14.3. The molecule has 2 aliphatic heterocycles. The topological polar surface area (TPSA) is 60.4 Å². The van der Waals surface area contributed by atoms with Gasteiger partial charge in [-0.1, -0.05) is 11.6 Å². The van der Waals surface area contributed by atoms with Crippen molar-refractivity contribution in [1.29, 1.82) is 0 Å². The molecule has 29 heavy (non-hydrogen) atoms. The predicted octanol–water partition coefficient (Wildman–Crippen LogP) is 4.30. The summed E-state index contributed by atoms with van der Waals surface area (Å²) >= 11 is 6.50. The van der Waals surface area contributed by atoms with Gasteiger partial charge < -0.3 is 9.47 Å². The van der Waals surface area contributed by atoms with Crippen molar-refractivity contribution in [1.82, 2.24) is 19.9 Å². The summed E-state index contributed by atoms with van der Waals surface area (Å²) in [6.07, 6.45) is 9.40.